The van der Waals surface area contributed by atoms with Crippen molar-refractivity contribution in [3.05, 3.63) is 30.3 Å². The van der Waals surface area contributed by atoms with Crippen molar-refractivity contribution in [2.75, 3.05) is 4.90 Å². The molecule has 0 spiro atoms. The molecule has 1 heterocycles. The highest BCUT2D eigenvalue weighted by atomic mass is 16.2. The van der Waals surface area contributed by atoms with Crippen LogP contribution in [0.5, 0.6) is 0 Å². The van der Waals surface area contributed by atoms with Gasteiger partial charge in [-0.05, 0) is 12.1 Å². The zero-order valence-corrected chi connectivity index (χ0v) is 7.96. The van der Waals surface area contributed by atoms with Crippen molar-refractivity contribution in [1.29, 1.82) is 0 Å². The van der Waals surface area contributed by atoms with Crippen LogP contribution >= 0.6 is 0 Å². The molecule has 1 aliphatic heterocycles. The molecule has 0 bridgehead atoms. The highest BCUT2D eigenvalue weighted by Crippen LogP contribution is 2.47. The van der Waals surface area contributed by atoms with Crippen LogP contribution in [0.25, 0.3) is 0 Å². The minimum absolute atomic E-state index is 0.149. The van der Waals surface area contributed by atoms with Gasteiger partial charge in [0.15, 0.2) is 0 Å². The fourth-order valence-corrected chi connectivity index (χ4v) is 2.21. The molecule has 1 aliphatic carbocycles. The van der Waals surface area contributed by atoms with E-state index >= 15 is 0 Å². The zero-order valence-electron chi connectivity index (χ0n) is 7.96. The molecule has 1 aromatic carbocycles. The molecule has 2 atom stereocenters. The maximum Gasteiger partial charge on any atom is 0.239 e. The highest BCUT2D eigenvalue weighted by molar-refractivity contribution is 6.25. The Kier molecular flexibility index (Phi) is 1.53. The van der Waals surface area contributed by atoms with Gasteiger partial charge in [0.25, 0.3) is 0 Å². The highest BCUT2D eigenvalue weighted by Gasteiger charge is 2.66. The summed E-state index contributed by atoms with van der Waals surface area (Å²) in [6.07, 6.45) is 0. The van der Waals surface area contributed by atoms with Gasteiger partial charge in [-0.15, -0.1) is 0 Å². The molecule has 0 radical (unpaired) electrons. The summed E-state index contributed by atoms with van der Waals surface area (Å²) in [5.74, 6) is -0.831. The number of anilines is 1. The van der Waals surface area contributed by atoms with E-state index in [0.29, 0.717) is 5.69 Å². The molecule has 2 aliphatic rings. The van der Waals surface area contributed by atoms with Gasteiger partial charge in [-0.1, -0.05) is 18.2 Å². The molecule has 4 nitrogen and oxygen atoms in total. The second kappa shape index (κ2) is 2.67. The van der Waals surface area contributed by atoms with Crippen molar-refractivity contribution < 1.29 is 9.59 Å². The number of nitrogens with two attached hydrogens (primary N) is 1. The number of amides is 2. The predicted octanol–water partition coefficient (Wildman–Crippen LogP) is 0.133. The zero-order chi connectivity index (χ0) is 10.6. The first-order chi connectivity index (χ1) is 7.22. The average Bonchev–Trinajstić information content (AvgIpc) is 2.83. The molecule has 15 heavy (non-hydrogen) atoms. The molecular formula is C11H10N2O2. The number of benzene rings is 1. The SMILES string of the molecule is NC1C2C(=O)N(c3ccccc3)C(=O)C12. The van der Waals surface area contributed by atoms with Gasteiger partial charge >= 0.3 is 0 Å². The molecule has 3 rings (SSSR count). The Hall–Kier alpha value is -1.68. The van der Waals surface area contributed by atoms with Crippen LogP contribution in [0.15, 0.2) is 30.3 Å². The summed E-state index contributed by atoms with van der Waals surface area (Å²) in [5.41, 5.74) is 6.27. The van der Waals surface area contributed by atoms with Crippen LogP contribution in [0.1, 0.15) is 0 Å². The molecule has 0 aromatic heterocycles. The molecule has 2 N–H and O–H groups in total. The number of hydrogen-bond acceptors (Lipinski definition) is 3. The van der Waals surface area contributed by atoms with E-state index in [0.717, 1.165) is 0 Å². The van der Waals surface area contributed by atoms with Crippen molar-refractivity contribution in [1.82, 2.24) is 0 Å². The maximum atomic E-state index is 11.8. The smallest absolute Gasteiger partial charge is 0.239 e. The second-order valence-electron chi connectivity index (χ2n) is 3.98. The largest absolute Gasteiger partial charge is 0.326 e. The van der Waals surface area contributed by atoms with E-state index in [4.69, 9.17) is 5.73 Å². The fraction of sp³-hybridized carbons (Fsp3) is 0.273. The van der Waals surface area contributed by atoms with Crippen LogP contribution in [0, 0.1) is 11.8 Å². The fourth-order valence-electron chi connectivity index (χ4n) is 2.21. The van der Waals surface area contributed by atoms with Gasteiger partial charge in [-0.2, -0.15) is 0 Å². The van der Waals surface area contributed by atoms with Gasteiger partial charge in [0, 0.05) is 6.04 Å². The van der Waals surface area contributed by atoms with Crippen molar-refractivity contribution in [2.45, 2.75) is 6.04 Å². The Morgan fingerprint density at radius 3 is 2.07 bits per heavy atom. The van der Waals surface area contributed by atoms with E-state index in [1.54, 1.807) is 24.3 Å². The third kappa shape index (κ3) is 0.995. The van der Waals surface area contributed by atoms with Crippen LogP contribution < -0.4 is 10.6 Å². The summed E-state index contributed by atoms with van der Waals surface area (Å²) in [6, 6.07) is 8.73. The van der Waals surface area contributed by atoms with Gasteiger partial charge in [0.1, 0.15) is 0 Å². The van der Waals surface area contributed by atoms with E-state index in [1.165, 1.54) is 4.90 Å². The summed E-state index contributed by atoms with van der Waals surface area (Å²) in [4.78, 5) is 24.8. The summed E-state index contributed by atoms with van der Waals surface area (Å²) in [7, 11) is 0. The first-order valence-electron chi connectivity index (χ1n) is 4.90. The number of nitrogens with zero attached hydrogens (tertiary/aromatic N) is 1. The lowest BCUT2D eigenvalue weighted by atomic mass is 10.2. The number of rotatable bonds is 1. The Bertz CT molecular complexity index is 421. The third-order valence-corrected chi connectivity index (χ3v) is 3.10. The van der Waals surface area contributed by atoms with Gasteiger partial charge in [0.05, 0.1) is 17.5 Å². The predicted molar refractivity (Wildman–Crippen MR) is 53.9 cm³/mol. The number of piperidine rings is 1. The van der Waals surface area contributed by atoms with Gasteiger partial charge in [-0.3, -0.25) is 9.59 Å². The van der Waals surface area contributed by atoms with Crippen LogP contribution in [0.3, 0.4) is 0 Å². The van der Waals surface area contributed by atoms with Crippen LogP contribution in [-0.4, -0.2) is 17.9 Å². The number of hydrogen-bond donors (Lipinski definition) is 1. The third-order valence-electron chi connectivity index (χ3n) is 3.10. The second-order valence-corrected chi connectivity index (χ2v) is 3.98. The monoisotopic (exact) mass is 202 g/mol. The van der Waals surface area contributed by atoms with Crippen molar-refractivity contribution in [3.8, 4) is 0 Å². The van der Waals surface area contributed by atoms with Gasteiger partial charge < -0.3 is 5.73 Å². The molecule has 1 saturated heterocycles. The number of fused-ring (bicyclic) bond motifs is 1. The molecule has 2 unspecified atom stereocenters. The Morgan fingerprint density at radius 2 is 1.53 bits per heavy atom. The van der Waals surface area contributed by atoms with Crippen LogP contribution in [0.4, 0.5) is 5.69 Å². The summed E-state index contributed by atoms with van der Waals surface area (Å²) in [5, 5.41) is 0. The Morgan fingerprint density at radius 1 is 1.00 bits per heavy atom. The minimum atomic E-state index is -0.266. The lowest BCUT2D eigenvalue weighted by Crippen LogP contribution is -2.37. The summed E-state index contributed by atoms with van der Waals surface area (Å²) < 4.78 is 0. The lowest BCUT2D eigenvalue weighted by molar-refractivity contribution is -0.123. The van der Waals surface area contributed by atoms with E-state index in [2.05, 4.69) is 0 Å². The average molecular weight is 202 g/mol. The number of imide groups is 1. The van der Waals surface area contributed by atoms with Gasteiger partial charge in [-0.25, -0.2) is 4.90 Å². The summed E-state index contributed by atoms with van der Waals surface area (Å²) in [6.45, 7) is 0. The normalized spacial score (nSPS) is 33.1. The molecular weight excluding hydrogens is 192 g/mol. The number of carbonyl (C=O) groups excluding carboxylic acids is 2. The van der Waals surface area contributed by atoms with Crippen molar-refractivity contribution in [3.63, 3.8) is 0 Å². The van der Waals surface area contributed by atoms with E-state index in [1.807, 2.05) is 6.07 Å². The van der Waals surface area contributed by atoms with E-state index in [-0.39, 0.29) is 29.7 Å². The molecule has 2 amide bonds. The molecule has 76 valence electrons. The van der Waals surface area contributed by atoms with Crippen LogP contribution in [-0.2, 0) is 9.59 Å². The quantitative estimate of drug-likeness (QED) is 0.658. The standard InChI is InChI=1S/C11H10N2O2/c12-9-7-8(9)11(15)13(10(7)14)6-4-2-1-3-5-6/h1-5,7-9H,12H2. The molecule has 4 heteroatoms. The van der Waals surface area contributed by atoms with Crippen LogP contribution in [0.2, 0.25) is 0 Å². The Labute approximate surface area is 86.7 Å². The minimum Gasteiger partial charge on any atom is -0.326 e. The van der Waals surface area contributed by atoms with Crippen molar-refractivity contribution >= 4 is 17.5 Å². The first kappa shape index (κ1) is 8.61. The molecule has 1 aromatic rings. The van der Waals surface area contributed by atoms with Crippen molar-refractivity contribution in [2.24, 2.45) is 17.6 Å². The van der Waals surface area contributed by atoms with E-state index in [9.17, 15) is 9.59 Å². The number of para-hydroxylation sites is 1. The van der Waals surface area contributed by atoms with E-state index < -0.39 is 0 Å². The Balaban J connectivity index is 1.97. The lowest BCUT2D eigenvalue weighted by Gasteiger charge is -2.17. The summed E-state index contributed by atoms with van der Waals surface area (Å²) >= 11 is 0. The number of carbonyl (C=O) groups is 2. The molecule has 2 fully saturated rings. The first-order valence-corrected chi connectivity index (χ1v) is 4.90. The molecule has 1 saturated carbocycles. The maximum absolute atomic E-state index is 11.8. The topological polar surface area (TPSA) is 63.4 Å². The van der Waals surface area contributed by atoms with Gasteiger partial charge in [0.2, 0.25) is 11.8 Å².